The lowest BCUT2D eigenvalue weighted by atomic mass is 9.72. The zero-order valence-electron chi connectivity index (χ0n) is 19.7. The molecule has 1 heterocycles. The maximum absolute atomic E-state index is 13.7. The van der Waals surface area contributed by atoms with Crippen molar-refractivity contribution < 1.29 is 14.6 Å². The smallest absolute Gasteiger partial charge is 0.232 e. The van der Waals surface area contributed by atoms with E-state index < -0.39 is 5.60 Å². The minimum atomic E-state index is -0.658. The quantitative estimate of drug-likeness (QED) is 0.625. The van der Waals surface area contributed by atoms with Crippen LogP contribution in [0.2, 0.25) is 0 Å². The first kappa shape index (κ1) is 27.6. The van der Waals surface area contributed by atoms with Gasteiger partial charge in [-0.25, -0.2) is 0 Å². The summed E-state index contributed by atoms with van der Waals surface area (Å²) in [5.74, 6) is -0.0763. The highest BCUT2D eigenvalue weighted by Gasteiger charge is 2.49. The number of aliphatic hydroxyl groups is 1. The van der Waals surface area contributed by atoms with Crippen LogP contribution < -0.4 is 4.90 Å². The molecule has 5 heteroatoms. The summed E-state index contributed by atoms with van der Waals surface area (Å²) in [5, 5.41) is 20.8. The van der Waals surface area contributed by atoms with Gasteiger partial charge in [-0.3, -0.25) is 4.79 Å². The zero-order chi connectivity index (χ0) is 23.2. The van der Waals surface area contributed by atoms with Crippen LogP contribution >= 0.6 is 0 Å². The molecule has 1 aliphatic rings. The molecule has 32 heavy (non-hydrogen) atoms. The lowest BCUT2D eigenvalue weighted by Gasteiger charge is -2.48. The molecule has 1 amide bonds. The highest BCUT2D eigenvalue weighted by molar-refractivity contribution is 6.06. The molecular weight excluding hydrogens is 400 g/mol. The topological polar surface area (TPSA) is 73.6 Å². The van der Waals surface area contributed by atoms with Gasteiger partial charge in [0.2, 0.25) is 5.91 Å². The number of rotatable bonds is 5. The number of fused-ring (bicyclic) bond motifs is 1. The van der Waals surface area contributed by atoms with Crippen molar-refractivity contribution >= 4 is 22.4 Å². The number of hydrogen-bond acceptors (Lipinski definition) is 4. The predicted molar refractivity (Wildman–Crippen MR) is 133 cm³/mol. The van der Waals surface area contributed by atoms with Crippen LogP contribution in [0.3, 0.4) is 0 Å². The molecule has 3 rings (SSSR count). The van der Waals surface area contributed by atoms with Gasteiger partial charge >= 0.3 is 0 Å². The summed E-state index contributed by atoms with van der Waals surface area (Å²) in [5.41, 5.74) is 0.718. The van der Waals surface area contributed by atoms with Gasteiger partial charge in [-0.05, 0) is 37.8 Å². The van der Waals surface area contributed by atoms with Crippen LogP contribution in [0.25, 0.3) is 10.8 Å². The SMILES string of the molecule is C.CC.CCC1(CCO)OC(C)C(C)CC1C(=O)N(C)c1ccc(C#N)c2ccccc12. The summed E-state index contributed by atoms with van der Waals surface area (Å²) in [4.78, 5) is 15.4. The van der Waals surface area contributed by atoms with E-state index in [1.165, 1.54) is 0 Å². The Balaban J connectivity index is 0.00000166. The molecule has 2 aromatic rings. The average Bonchev–Trinajstić information content (AvgIpc) is 2.81. The van der Waals surface area contributed by atoms with Gasteiger partial charge in [0.15, 0.2) is 0 Å². The summed E-state index contributed by atoms with van der Waals surface area (Å²) in [6.45, 7) is 10.2. The molecule has 0 aromatic heterocycles. The fraction of sp³-hybridized carbons (Fsp3) is 0.556. The molecule has 176 valence electrons. The number of amides is 1. The normalized spacial score (nSPS) is 24.5. The summed E-state index contributed by atoms with van der Waals surface area (Å²) in [6.07, 6.45) is 1.89. The van der Waals surface area contributed by atoms with Crippen molar-refractivity contribution in [3.05, 3.63) is 42.0 Å². The molecule has 0 aliphatic carbocycles. The summed E-state index contributed by atoms with van der Waals surface area (Å²) in [6, 6.07) is 13.5. The number of carbonyl (C=O) groups excluding carboxylic acids is 1. The van der Waals surface area contributed by atoms with Gasteiger partial charge in [0.1, 0.15) is 0 Å². The third kappa shape index (κ3) is 5.14. The van der Waals surface area contributed by atoms with Crippen LogP contribution in [0, 0.1) is 23.2 Å². The van der Waals surface area contributed by atoms with Crippen molar-refractivity contribution in [1.82, 2.24) is 0 Å². The highest BCUT2D eigenvalue weighted by Crippen LogP contribution is 2.43. The molecule has 1 saturated heterocycles. The minimum Gasteiger partial charge on any atom is -0.396 e. The first-order chi connectivity index (χ1) is 14.9. The largest absolute Gasteiger partial charge is 0.396 e. The molecule has 1 fully saturated rings. The number of hydrogen-bond donors (Lipinski definition) is 1. The Labute approximate surface area is 194 Å². The Bertz CT molecular complexity index is 936. The van der Waals surface area contributed by atoms with Crippen LogP contribution in [0.5, 0.6) is 0 Å². The Hall–Kier alpha value is -2.42. The number of aliphatic hydroxyl groups excluding tert-OH is 1. The van der Waals surface area contributed by atoms with E-state index in [0.717, 1.165) is 22.9 Å². The Morgan fingerprint density at radius 3 is 2.41 bits per heavy atom. The van der Waals surface area contributed by atoms with Crippen LogP contribution in [-0.2, 0) is 9.53 Å². The molecule has 0 radical (unpaired) electrons. The van der Waals surface area contributed by atoms with Crippen LogP contribution in [0.1, 0.15) is 66.9 Å². The van der Waals surface area contributed by atoms with Gasteiger partial charge in [0, 0.05) is 30.8 Å². The molecule has 4 atom stereocenters. The number of anilines is 1. The van der Waals surface area contributed by atoms with Gasteiger partial charge in [-0.1, -0.05) is 59.4 Å². The highest BCUT2D eigenvalue weighted by atomic mass is 16.5. The predicted octanol–water partition coefficient (Wildman–Crippen LogP) is 5.93. The standard InChI is InChI=1S/C24H30N2O3.C2H6.CH4/c1-5-24(12-13-27)21(14-16(2)17(3)29-24)23(28)26(4)22-11-10-18(15-25)19-8-6-7-9-20(19)22;1-2;/h6-11,16-17,21,27H,5,12-14H2,1-4H3;1-2H3;1H4. The molecule has 1 aliphatic heterocycles. The fourth-order valence-electron chi connectivity index (χ4n) is 4.63. The first-order valence-electron chi connectivity index (χ1n) is 11.4. The number of nitriles is 1. The molecule has 0 saturated carbocycles. The molecule has 5 nitrogen and oxygen atoms in total. The third-order valence-electron chi connectivity index (χ3n) is 6.61. The van der Waals surface area contributed by atoms with Crippen LogP contribution in [0.4, 0.5) is 5.69 Å². The second kappa shape index (κ2) is 12.0. The third-order valence-corrected chi connectivity index (χ3v) is 6.61. The second-order valence-corrected chi connectivity index (χ2v) is 8.17. The summed E-state index contributed by atoms with van der Waals surface area (Å²) >= 11 is 0. The fourth-order valence-corrected chi connectivity index (χ4v) is 4.63. The Morgan fingerprint density at radius 2 is 1.84 bits per heavy atom. The molecule has 4 unspecified atom stereocenters. The van der Waals surface area contributed by atoms with Crippen molar-refractivity contribution in [2.75, 3.05) is 18.6 Å². The van der Waals surface area contributed by atoms with Crippen molar-refractivity contribution in [3.8, 4) is 6.07 Å². The number of ether oxygens (including phenoxy) is 1. The van der Waals surface area contributed by atoms with Crippen LogP contribution in [0.15, 0.2) is 36.4 Å². The first-order valence-corrected chi connectivity index (χ1v) is 11.4. The summed E-state index contributed by atoms with van der Waals surface area (Å²) in [7, 11) is 1.79. The molecule has 1 N–H and O–H groups in total. The van der Waals surface area contributed by atoms with Gasteiger partial charge in [0.05, 0.1) is 34.9 Å². The maximum atomic E-state index is 13.7. The zero-order valence-corrected chi connectivity index (χ0v) is 19.7. The molecule has 2 aromatic carbocycles. The molecule has 0 spiro atoms. The number of carbonyl (C=O) groups is 1. The van der Waals surface area contributed by atoms with E-state index in [-0.39, 0.29) is 37.9 Å². The van der Waals surface area contributed by atoms with Crippen molar-refractivity contribution in [3.63, 3.8) is 0 Å². The average molecular weight is 441 g/mol. The molecule has 0 bridgehead atoms. The Morgan fingerprint density at radius 1 is 1.22 bits per heavy atom. The second-order valence-electron chi connectivity index (χ2n) is 8.17. The van der Waals surface area contributed by atoms with E-state index in [1.54, 1.807) is 18.0 Å². The molecular formula is C27H40N2O3. The lowest BCUT2D eigenvalue weighted by Crippen LogP contribution is -2.55. The monoisotopic (exact) mass is 440 g/mol. The van der Waals surface area contributed by atoms with Crippen molar-refractivity contribution in [2.24, 2.45) is 11.8 Å². The minimum absolute atomic E-state index is 0. The van der Waals surface area contributed by atoms with E-state index >= 15 is 0 Å². The van der Waals surface area contributed by atoms with E-state index in [0.29, 0.717) is 18.4 Å². The van der Waals surface area contributed by atoms with Crippen LogP contribution in [-0.4, -0.2) is 36.4 Å². The van der Waals surface area contributed by atoms with Gasteiger partial charge < -0.3 is 14.7 Å². The van der Waals surface area contributed by atoms with E-state index in [2.05, 4.69) is 13.0 Å². The van der Waals surface area contributed by atoms with Crippen molar-refractivity contribution in [1.29, 1.82) is 5.26 Å². The van der Waals surface area contributed by atoms with E-state index in [1.807, 2.05) is 58.0 Å². The maximum Gasteiger partial charge on any atom is 0.232 e. The van der Waals surface area contributed by atoms with Gasteiger partial charge in [0.25, 0.3) is 0 Å². The van der Waals surface area contributed by atoms with E-state index in [4.69, 9.17) is 4.74 Å². The van der Waals surface area contributed by atoms with Gasteiger partial charge in [-0.2, -0.15) is 5.26 Å². The number of benzene rings is 2. The lowest BCUT2D eigenvalue weighted by molar-refractivity contribution is -0.189. The van der Waals surface area contributed by atoms with Crippen molar-refractivity contribution in [2.45, 2.75) is 73.0 Å². The Kier molecular flexibility index (Phi) is 10.3. The summed E-state index contributed by atoms with van der Waals surface area (Å²) < 4.78 is 6.37. The van der Waals surface area contributed by atoms with Gasteiger partial charge in [-0.15, -0.1) is 0 Å². The number of nitrogens with zero attached hydrogens (tertiary/aromatic N) is 2. The van der Waals surface area contributed by atoms with E-state index in [9.17, 15) is 15.2 Å².